The van der Waals surface area contributed by atoms with Gasteiger partial charge in [0, 0.05) is 18.7 Å². The molecule has 0 atom stereocenters. The van der Waals surface area contributed by atoms with Crippen molar-refractivity contribution in [3.63, 3.8) is 0 Å². The minimum absolute atomic E-state index is 0.534. The maximum absolute atomic E-state index is 6.11. The number of halogens is 1. The van der Waals surface area contributed by atoms with Gasteiger partial charge >= 0.3 is 0 Å². The molecule has 112 valence electrons. The highest BCUT2D eigenvalue weighted by Gasteiger charge is 2.23. The van der Waals surface area contributed by atoms with Gasteiger partial charge < -0.3 is 5.73 Å². The number of nitrogens with zero attached hydrogens (tertiary/aromatic N) is 4. The van der Waals surface area contributed by atoms with Gasteiger partial charge in [-0.2, -0.15) is 5.10 Å². The van der Waals surface area contributed by atoms with Crippen molar-refractivity contribution >= 4 is 28.4 Å². The van der Waals surface area contributed by atoms with Crippen LogP contribution >= 0.6 is 22.6 Å². The molecule has 3 rings (SSSR count). The van der Waals surface area contributed by atoms with Crippen molar-refractivity contribution in [1.82, 2.24) is 19.7 Å². The van der Waals surface area contributed by atoms with Crippen molar-refractivity contribution in [1.29, 1.82) is 0 Å². The molecule has 0 radical (unpaired) electrons. The molecule has 0 spiro atoms. The number of nitrogen functional groups attached to an aromatic ring is 1. The molecule has 0 bridgehead atoms. The van der Waals surface area contributed by atoms with Gasteiger partial charge in [0.15, 0.2) is 5.82 Å². The van der Waals surface area contributed by atoms with Crippen LogP contribution in [-0.4, -0.2) is 19.7 Å². The summed E-state index contributed by atoms with van der Waals surface area (Å²) in [4.78, 5) is 9.26. The lowest BCUT2D eigenvalue weighted by atomic mass is 10.0. The number of rotatable bonds is 4. The molecule has 0 unspecified atom stereocenters. The number of hydrogen-bond acceptors (Lipinski definition) is 4. The van der Waals surface area contributed by atoms with E-state index in [2.05, 4.69) is 39.6 Å². The highest BCUT2D eigenvalue weighted by Crippen LogP contribution is 2.37. The van der Waals surface area contributed by atoms with E-state index in [0.29, 0.717) is 17.6 Å². The number of aryl methyl sites for hydroxylation is 1. The second kappa shape index (κ2) is 6.29. The zero-order valence-electron chi connectivity index (χ0n) is 12.2. The quantitative estimate of drug-likeness (QED) is 0.801. The topological polar surface area (TPSA) is 69.6 Å². The Labute approximate surface area is 138 Å². The smallest absolute Gasteiger partial charge is 0.165 e. The maximum atomic E-state index is 6.11. The molecule has 2 heterocycles. The molecule has 2 aromatic heterocycles. The summed E-state index contributed by atoms with van der Waals surface area (Å²) in [6.07, 6.45) is 9.88. The highest BCUT2D eigenvalue weighted by atomic mass is 127. The molecule has 0 aliphatic heterocycles. The van der Waals surface area contributed by atoms with Crippen LogP contribution in [0, 0.1) is 3.57 Å². The van der Waals surface area contributed by atoms with Gasteiger partial charge in [0.05, 0.1) is 21.0 Å². The first-order valence-electron chi connectivity index (χ1n) is 7.54. The number of anilines is 1. The molecule has 1 aliphatic rings. The van der Waals surface area contributed by atoms with Gasteiger partial charge in [-0.15, -0.1) is 0 Å². The molecule has 6 heteroatoms. The molecule has 2 aromatic rings. The van der Waals surface area contributed by atoms with Gasteiger partial charge in [-0.3, -0.25) is 4.68 Å². The van der Waals surface area contributed by atoms with Crippen LogP contribution < -0.4 is 5.73 Å². The lowest BCUT2D eigenvalue weighted by Gasteiger charge is -2.13. The zero-order valence-corrected chi connectivity index (χ0v) is 14.4. The maximum Gasteiger partial charge on any atom is 0.165 e. The van der Waals surface area contributed by atoms with E-state index < -0.39 is 0 Å². The van der Waals surface area contributed by atoms with Crippen LogP contribution in [0.4, 0.5) is 5.82 Å². The molecule has 2 N–H and O–H groups in total. The Morgan fingerprint density at radius 1 is 1.33 bits per heavy atom. The van der Waals surface area contributed by atoms with Gasteiger partial charge in [-0.25, -0.2) is 9.97 Å². The molecule has 5 nitrogen and oxygen atoms in total. The summed E-state index contributed by atoms with van der Waals surface area (Å²) in [5.74, 6) is 1.83. The Morgan fingerprint density at radius 3 is 2.81 bits per heavy atom. The van der Waals surface area contributed by atoms with Crippen LogP contribution in [0.2, 0.25) is 0 Å². The molecule has 1 aliphatic carbocycles. The Morgan fingerprint density at radius 2 is 2.10 bits per heavy atom. The summed E-state index contributed by atoms with van der Waals surface area (Å²) < 4.78 is 2.95. The van der Waals surface area contributed by atoms with Gasteiger partial charge in [-0.1, -0.05) is 19.8 Å². The second-order valence-electron chi connectivity index (χ2n) is 5.61. The predicted molar refractivity (Wildman–Crippen MR) is 91.9 cm³/mol. The van der Waals surface area contributed by atoms with Gasteiger partial charge in [0.25, 0.3) is 0 Å². The van der Waals surface area contributed by atoms with E-state index in [-0.39, 0.29) is 0 Å². The lowest BCUT2D eigenvalue weighted by Crippen LogP contribution is -2.07. The SMILES string of the molecule is CCCn1cc(-c2nc(N)c(I)c(C3CCCC3)n2)cn1. The predicted octanol–water partition coefficient (Wildman–Crippen LogP) is 3.59. The highest BCUT2D eigenvalue weighted by molar-refractivity contribution is 14.1. The first kappa shape index (κ1) is 14.7. The number of aromatic nitrogens is 4. The van der Waals surface area contributed by atoms with Crippen LogP contribution in [0.25, 0.3) is 11.4 Å². The molecule has 0 amide bonds. The van der Waals surface area contributed by atoms with E-state index in [0.717, 1.165) is 27.8 Å². The molecule has 0 aromatic carbocycles. The first-order valence-corrected chi connectivity index (χ1v) is 8.62. The molecule has 0 saturated heterocycles. The number of hydrogen-bond donors (Lipinski definition) is 1. The second-order valence-corrected chi connectivity index (χ2v) is 6.68. The van der Waals surface area contributed by atoms with Gasteiger partial charge in [0.2, 0.25) is 0 Å². The van der Waals surface area contributed by atoms with Gasteiger partial charge in [0.1, 0.15) is 5.82 Å². The van der Waals surface area contributed by atoms with Crippen LogP contribution in [-0.2, 0) is 6.54 Å². The largest absolute Gasteiger partial charge is 0.383 e. The van der Waals surface area contributed by atoms with Gasteiger partial charge in [-0.05, 0) is 41.9 Å². The average Bonchev–Trinajstić information content (AvgIpc) is 3.13. The van der Waals surface area contributed by atoms with Crippen molar-refractivity contribution in [2.24, 2.45) is 0 Å². The monoisotopic (exact) mass is 397 g/mol. The van der Waals surface area contributed by atoms with E-state index in [1.165, 1.54) is 25.7 Å². The standard InChI is InChI=1S/C15H20IN5/c1-2-7-21-9-11(8-18-21)15-19-13(10-5-3-4-6-10)12(16)14(17)20-15/h8-10H,2-7H2,1H3,(H2,17,19,20). The van der Waals surface area contributed by atoms with Crippen LogP contribution in [0.15, 0.2) is 12.4 Å². The third kappa shape index (κ3) is 3.04. The Hall–Kier alpha value is -1.18. The van der Waals surface area contributed by atoms with Crippen molar-refractivity contribution < 1.29 is 0 Å². The van der Waals surface area contributed by atoms with E-state index in [4.69, 9.17) is 10.7 Å². The van der Waals surface area contributed by atoms with E-state index in [1.807, 2.05) is 17.1 Å². The minimum Gasteiger partial charge on any atom is -0.383 e. The molecule has 21 heavy (non-hydrogen) atoms. The van der Waals surface area contributed by atoms with Crippen LogP contribution in [0.3, 0.4) is 0 Å². The normalized spacial score (nSPS) is 15.7. The molecule has 1 saturated carbocycles. The summed E-state index contributed by atoms with van der Waals surface area (Å²) in [5, 5.41) is 4.36. The Bertz CT molecular complexity index is 631. The van der Waals surface area contributed by atoms with Crippen LogP contribution in [0.5, 0.6) is 0 Å². The minimum atomic E-state index is 0.534. The van der Waals surface area contributed by atoms with Crippen molar-refractivity contribution in [2.45, 2.75) is 51.5 Å². The summed E-state index contributed by atoms with van der Waals surface area (Å²) in [6, 6.07) is 0. The summed E-state index contributed by atoms with van der Waals surface area (Å²) in [7, 11) is 0. The summed E-state index contributed by atoms with van der Waals surface area (Å²) in [6.45, 7) is 3.05. The van der Waals surface area contributed by atoms with E-state index in [1.54, 1.807) is 0 Å². The lowest BCUT2D eigenvalue weighted by molar-refractivity contribution is 0.603. The summed E-state index contributed by atoms with van der Waals surface area (Å²) in [5.41, 5.74) is 8.18. The average molecular weight is 397 g/mol. The molecular weight excluding hydrogens is 377 g/mol. The fourth-order valence-electron chi connectivity index (χ4n) is 2.91. The zero-order chi connectivity index (χ0) is 14.8. The first-order chi connectivity index (χ1) is 10.2. The number of nitrogens with two attached hydrogens (primary N) is 1. The third-order valence-corrected chi connectivity index (χ3v) is 5.09. The molecular formula is C15H20IN5. The van der Waals surface area contributed by atoms with E-state index in [9.17, 15) is 0 Å². The third-order valence-electron chi connectivity index (χ3n) is 3.99. The Kier molecular flexibility index (Phi) is 4.42. The van der Waals surface area contributed by atoms with Crippen molar-refractivity contribution in [2.75, 3.05) is 5.73 Å². The van der Waals surface area contributed by atoms with E-state index >= 15 is 0 Å². The van der Waals surface area contributed by atoms with Crippen molar-refractivity contribution in [3.05, 3.63) is 21.7 Å². The Balaban J connectivity index is 1.98. The molecule has 1 fully saturated rings. The van der Waals surface area contributed by atoms with Crippen molar-refractivity contribution in [3.8, 4) is 11.4 Å². The van der Waals surface area contributed by atoms with Crippen LogP contribution in [0.1, 0.15) is 50.6 Å². The fourth-order valence-corrected chi connectivity index (χ4v) is 3.59. The fraction of sp³-hybridized carbons (Fsp3) is 0.533. The summed E-state index contributed by atoms with van der Waals surface area (Å²) >= 11 is 2.28.